The third-order valence-electron chi connectivity index (χ3n) is 4.33. The van der Waals surface area contributed by atoms with Gasteiger partial charge in [-0.3, -0.25) is 9.78 Å². The number of pyridine rings is 1. The Morgan fingerprint density at radius 2 is 1.96 bits per heavy atom. The topological polar surface area (TPSA) is 54.0 Å². The van der Waals surface area contributed by atoms with Gasteiger partial charge in [-0.05, 0) is 56.4 Å². The number of nitrogens with one attached hydrogen (secondary N) is 2. The standard InChI is InChI=1S/C20H21F2N3O/c21-17-7-6-16(12-18(17)22)25-20(26)19-13-15(9-11-24-19)23-10-8-14-4-2-1-3-5-14/h4,6-7,9,11-13H,1-3,5,8,10H2,(H,23,24)(H,25,26). The maximum absolute atomic E-state index is 13.2. The van der Waals surface area contributed by atoms with Gasteiger partial charge in [0.1, 0.15) is 5.69 Å². The molecule has 0 spiro atoms. The number of carbonyl (C=O) groups is 1. The normalized spacial score (nSPS) is 13.8. The van der Waals surface area contributed by atoms with Crippen molar-refractivity contribution < 1.29 is 13.6 Å². The van der Waals surface area contributed by atoms with Gasteiger partial charge < -0.3 is 10.6 Å². The Hall–Kier alpha value is -2.76. The molecule has 0 saturated carbocycles. The average Bonchev–Trinajstić information content (AvgIpc) is 2.66. The third kappa shape index (κ3) is 4.88. The number of anilines is 2. The molecule has 0 fully saturated rings. The van der Waals surface area contributed by atoms with E-state index in [4.69, 9.17) is 0 Å². The molecule has 4 nitrogen and oxygen atoms in total. The van der Waals surface area contributed by atoms with E-state index in [0.717, 1.165) is 30.8 Å². The Balaban J connectivity index is 1.58. The van der Waals surface area contributed by atoms with Gasteiger partial charge in [0.2, 0.25) is 0 Å². The van der Waals surface area contributed by atoms with Crippen LogP contribution in [0.2, 0.25) is 0 Å². The molecule has 136 valence electrons. The highest BCUT2D eigenvalue weighted by Gasteiger charge is 2.10. The minimum atomic E-state index is -1.01. The van der Waals surface area contributed by atoms with E-state index in [-0.39, 0.29) is 11.4 Å². The van der Waals surface area contributed by atoms with Crippen LogP contribution in [0, 0.1) is 11.6 Å². The number of carbonyl (C=O) groups excluding carboxylic acids is 1. The van der Waals surface area contributed by atoms with Crippen LogP contribution >= 0.6 is 0 Å². The van der Waals surface area contributed by atoms with Crippen molar-refractivity contribution >= 4 is 17.3 Å². The molecule has 0 saturated heterocycles. The Kier molecular flexibility index (Phi) is 5.94. The fourth-order valence-electron chi connectivity index (χ4n) is 2.93. The van der Waals surface area contributed by atoms with Gasteiger partial charge in [0.15, 0.2) is 11.6 Å². The van der Waals surface area contributed by atoms with Crippen molar-refractivity contribution in [2.75, 3.05) is 17.2 Å². The quantitative estimate of drug-likeness (QED) is 0.722. The van der Waals surface area contributed by atoms with E-state index < -0.39 is 17.5 Å². The second kappa shape index (κ2) is 8.56. The van der Waals surface area contributed by atoms with Gasteiger partial charge in [-0.1, -0.05) is 11.6 Å². The first-order chi connectivity index (χ1) is 12.6. The highest BCUT2D eigenvalue weighted by molar-refractivity contribution is 6.03. The lowest BCUT2D eigenvalue weighted by molar-refractivity contribution is 0.102. The molecule has 3 rings (SSSR count). The number of amides is 1. The Morgan fingerprint density at radius 3 is 2.73 bits per heavy atom. The number of nitrogens with zero attached hydrogens (tertiary/aromatic N) is 1. The summed E-state index contributed by atoms with van der Waals surface area (Å²) in [7, 11) is 0. The number of rotatable bonds is 6. The lowest BCUT2D eigenvalue weighted by atomic mass is 9.97. The molecular weight excluding hydrogens is 336 g/mol. The monoisotopic (exact) mass is 357 g/mol. The predicted octanol–water partition coefficient (Wildman–Crippen LogP) is 4.91. The summed E-state index contributed by atoms with van der Waals surface area (Å²) in [4.78, 5) is 16.3. The molecule has 0 aliphatic heterocycles. The van der Waals surface area contributed by atoms with Gasteiger partial charge in [-0.25, -0.2) is 8.78 Å². The van der Waals surface area contributed by atoms with E-state index in [9.17, 15) is 13.6 Å². The second-order valence-electron chi connectivity index (χ2n) is 6.30. The van der Waals surface area contributed by atoms with Crippen LogP contribution in [0.4, 0.5) is 20.2 Å². The minimum absolute atomic E-state index is 0.179. The summed E-state index contributed by atoms with van der Waals surface area (Å²) in [5.41, 5.74) is 2.66. The van der Waals surface area contributed by atoms with Crippen LogP contribution in [0.1, 0.15) is 42.6 Å². The molecule has 1 aromatic carbocycles. The Morgan fingerprint density at radius 1 is 1.08 bits per heavy atom. The lowest BCUT2D eigenvalue weighted by Gasteiger charge is -2.13. The zero-order valence-electron chi connectivity index (χ0n) is 14.4. The minimum Gasteiger partial charge on any atom is -0.385 e. The van der Waals surface area contributed by atoms with E-state index in [1.165, 1.54) is 37.3 Å². The number of hydrogen-bond donors (Lipinski definition) is 2. The maximum Gasteiger partial charge on any atom is 0.274 e. The van der Waals surface area contributed by atoms with E-state index in [2.05, 4.69) is 21.7 Å². The molecule has 0 unspecified atom stereocenters. The summed E-state index contributed by atoms with van der Waals surface area (Å²) in [6.07, 6.45) is 9.71. The summed E-state index contributed by atoms with van der Waals surface area (Å²) in [5, 5.41) is 5.81. The van der Waals surface area contributed by atoms with Gasteiger partial charge >= 0.3 is 0 Å². The molecule has 0 atom stereocenters. The van der Waals surface area contributed by atoms with Crippen molar-refractivity contribution in [3.05, 3.63) is 65.5 Å². The predicted molar refractivity (Wildman–Crippen MR) is 98.2 cm³/mol. The molecule has 1 heterocycles. The van der Waals surface area contributed by atoms with Crippen LogP contribution in [-0.4, -0.2) is 17.4 Å². The van der Waals surface area contributed by atoms with Crippen LogP contribution in [0.5, 0.6) is 0 Å². The molecule has 1 amide bonds. The van der Waals surface area contributed by atoms with Crippen molar-refractivity contribution in [1.29, 1.82) is 0 Å². The zero-order valence-corrected chi connectivity index (χ0v) is 14.4. The molecule has 2 N–H and O–H groups in total. The van der Waals surface area contributed by atoms with Crippen molar-refractivity contribution in [3.63, 3.8) is 0 Å². The molecule has 1 aliphatic carbocycles. The number of hydrogen-bond acceptors (Lipinski definition) is 3. The van der Waals surface area contributed by atoms with E-state index >= 15 is 0 Å². The first kappa shape index (κ1) is 18.0. The molecule has 1 aromatic heterocycles. The lowest BCUT2D eigenvalue weighted by Crippen LogP contribution is -2.14. The van der Waals surface area contributed by atoms with Crippen molar-refractivity contribution in [2.45, 2.75) is 32.1 Å². The van der Waals surface area contributed by atoms with Crippen LogP contribution in [0.3, 0.4) is 0 Å². The van der Waals surface area contributed by atoms with Gasteiger partial charge in [0.05, 0.1) is 0 Å². The fraction of sp³-hybridized carbons (Fsp3) is 0.300. The Labute approximate surface area is 151 Å². The van der Waals surface area contributed by atoms with Gasteiger partial charge in [0, 0.05) is 30.2 Å². The van der Waals surface area contributed by atoms with E-state index in [1.54, 1.807) is 18.3 Å². The van der Waals surface area contributed by atoms with Crippen LogP contribution < -0.4 is 10.6 Å². The first-order valence-corrected chi connectivity index (χ1v) is 8.76. The molecule has 26 heavy (non-hydrogen) atoms. The Bertz CT molecular complexity index is 820. The van der Waals surface area contributed by atoms with E-state index in [1.807, 2.05) is 0 Å². The number of allylic oxidation sites excluding steroid dienone is 1. The third-order valence-corrected chi connectivity index (χ3v) is 4.33. The van der Waals surface area contributed by atoms with Crippen molar-refractivity contribution in [2.24, 2.45) is 0 Å². The average molecular weight is 357 g/mol. The summed E-state index contributed by atoms with van der Waals surface area (Å²) in [6, 6.07) is 6.65. The summed E-state index contributed by atoms with van der Waals surface area (Å²) in [5.74, 6) is -2.45. The summed E-state index contributed by atoms with van der Waals surface area (Å²) in [6.45, 7) is 0.792. The van der Waals surface area contributed by atoms with Crippen LogP contribution in [0.25, 0.3) is 0 Å². The molecule has 1 aliphatic rings. The summed E-state index contributed by atoms with van der Waals surface area (Å²) < 4.78 is 26.2. The molecule has 0 bridgehead atoms. The highest BCUT2D eigenvalue weighted by Crippen LogP contribution is 2.20. The molecule has 6 heteroatoms. The first-order valence-electron chi connectivity index (χ1n) is 8.76. The molecular formula is C20H21F2N3O. The molecule has 2 aromatic rings. The zero-order chi connectivity index (χ0) is 18.4. The largest absolute Gasteiger partial charge is 0.385 e. The van der Waals surface area contributed by atoms with Crippen molar-refractivity contribution in [1.82, 2.24) is 4.98 Å². The number of aromatic nitrogens is 1. The molecule has 0 radical (unpaired) electrons. The number of benzene rings is 1. The van der Waals surface area contributed by atoms with Gasteiger partial charge in [0.25, 0.3) is 5.91 Å². The maximum atomic E-state index is 13.2. The van der Waals surface area contributed by atoms with Gasteiger partial charge in [-0.2, -0.15) is 0 Å². The van der Waals surface area contributed by atoms with Crippen LogP contribution in [0.15, 0.2) is 48.2 Å². The van der Waals surface area contributed by atoms with Crippen LogP contribution in [-0.2, 0) is 0 Å². The second-order valence-corrected chi connectivity index (χ2v) is 6.30. The SMILES string of the molecule is O=C(Nc1ccc(F)c(F)c1)c1cc(NCCC2=CCCCC2)ccn1. The summed E-state index contributed by atoms with van der Waals surface area (Å²) >= 11 is 0. The smallest absolute Gasteiger partial charge is 0.274 e. The number of halogens is 2. The van der Waals surface area contributed by atoms with E-state index in [0.29, 0.717) is 0 Å². The highest BCUT2D eigenvalue weighted by atomic mass is 19.2. The van der Waals surface area contributed by atoms with Gasteiger partial charge in [-0.15, -0.1) is 0 Å². The fourth-order valence-corrected chi connectivity index (χ4v) is 2.93. The van der Waals surface area contributed by atoms with Crippen molar-refractivity contribution in [3.8, 4) is 0 Å².